The molecule has 0 heterocycles. The van der Waals surface area contributed by atoms with Crippen molar-refractivity contribution in [2.24, 2.45) is 0 Å². The molecule has 2 rings (SSSR count). The first kappa shape index (κ1) is 14.4. The summed E-state index contributed by atoms with van der Waals surface area (Å²) in [5, 5.41) is 12.8. The van der Waals surface area contributed by atoms with Crippen molar-refractivity contribution < 1.29 is 0 Å². The third kappa shape index (κ3) is 3.12. The summed E-state index contributed by atoms with van der Waals surface area (Å²) >= 11 is 5.93. The minimum atomic E-state index is 0.486. The maximum absolute atomic E-state index is 8.98. The molecular formula is C17H17ClN2. The molecule has 0 bridgehead atoms. The molecule has 0 unspecified atom stereocenters. The number of anilines is 1. The first-order valence-corrected chi connectivity index (χ1v) is 6.89. The first-order valence-electron chi connectivity index (χ1n) is 6.51. The highest BCUT2D eigenvalue weighted by molar-refractivity contribution is 6.31. The standard InChI is InChI=1S/C17H17ClN2/c1-11-6-13(3)15(7-12(11)2)10-20-16-4-5-17(18)14(8-16)9-19/h4-8,20H,10H2,1-3H3. The summed E-state index contributed by atoms with van der Waals surface area (Å²) < 4.78 is 0. The number of benzene rings is 2. The van der Waals surface area contributed by atoms with E-state index in [1.165, 1.54) is 22.3 Å². The summed E-state index contributed by atoms with van der Waals surface area (Å²) in [5.41, 5.74) is 6.54. The van der Waals surface area contributed by atoms with Crippen molar-refractivity contribution in [1.82, 2.24) is 0 Å². The molecular weight excluding hydrogens is 268 g/mol. The van der Waals surface area contributed by atoms with E-state index >= 15 is 0 Å². The van der Waals surface area contributed by atoms with Gasteiger partial charge in [0.2, 0.25) is 0 Å². The molecule has 0 aliphatic carbocycles. The van der Waals surface area contributed by atoms with E-state index in [-0.39, 0.29) is 0 Å². The Morgan fingerprint density at radius 1 is 1.05 bits per heavy atom. The van der Waals surface area contributed by atoms with Crippen LogP contribution in [0.25, 0.3) is 0 Å². The largest absolute Gasteiger partial charge is 0.381 e. The lowest BCUT2D eigenvalue weighted by Crippen LogP contribution is -2.02. The van der Waals surface area contributed by atoms with Crippen LogP contribution >= 0.6 is 11.6 Å². The van der Waals surface area contributed by atoms with Gasteiger partial charge >= 0.3 is 0 Å². The lowest BCUT2D eigenvalue weighted by atomic mass is 10.0. The van der Waals surface area contributed by atoms with Crippen molar-refractivity contribution in [3.63, 3.8) is 0 Å². The maximum atomic E-state index is 8.98. The lowest BCUT2D eigenvalue weighted by molar-refractivity contribution is 1.10. The van der Waals surface area contributed by atoms with E-state index in [0.717, 1.165) is 12.2 Å². The number of hydrogen-bond acceptors (Lipinski definition) is 2. The first-order chi connectivity index (χ1) is 9.51. The van der Waals surface area contributed by atoms with Gasteiger partial charge in [-0.2, -0.15) is 5.26 Å². The van der Waals surface area contributed by atoms with Crippen LogP contribution in [0.2, 0.25) is 5.02 Å². The van der Waals surface area contributed by atoms with Crippen LogP contribution in [0.1, 0.15) is 27.8 Å². The van der Waals surface area contributed by atoms with E-state index in [0.29, 0.717) is 10.6 Å². The molecule has 102 valence electrons. The van der Waals surface area contributed by atoms with E-state index in [4.69, 9.17) is 16.9 Å². The van der Waals surface area contributed by atoms with Crippen LogP contribution in [0.3, 0.4) is 0 Å². The molecule has 20 heavy (non-hydrogen) atoms. The van der Waals surface area contributed by atoms with E-state index in [1.54, 1.807) is 12.1 Å². The molecule has 0 fully saturated rings. The molecule has 3 heteroatoms. The summed E-state index contributed by atoms with van der Waals surface area (Å²) in [5.74, 6) is 0. The Kier molecular flexibility index (Phi) is 4.32. The molecule has 2 aromatic rings. The molecule has 0 saturated carbocycles. The molecule has 2 aromatic carbocycles. The highest BCUT2D eigenvalue weighted by atomic mass is 35.5. The predicted octanol–water partition coefficient (Wildman–Crippen LogP) is 4.75. The third-order valence-electron chi connectivity index (χ3n) is 3.52. The highest BCUT2D eigenvalue weighted by Gasteiger charge is 2.04. The van der Waals surface area contributed by atoms with Crippen molar-refractivity contribution in [2.45, 2.75) is 27.3 Å². The summed E-state index contributed by atoms with van der Waals surface area (Å²) in [6.07, 6.45) is 0. The van der Waals surface area contributed by atoms with Crippen LogP contribution in [0.15, 0.2) is 30.3 Å². The smallest absolute Gasteiger partial charge is 0.101 e. The molecule has 0 atom stereocenters. The fourth-order valence-electron chi connectivity index (χ4n) is 2.13. The SMILES string of the molecule is Cc1cc(C)c(CNc2ccc(Cl)c(C#N)c2)cc1C. The van der Waals surface area contributed by atoms with Crippen molar-refractivity contribution >= 4 is 17.3 Å². The van der Waals surface area contributed by atoms with E-state index in [2.05, 4.69) is 44.3 Å². The van der Waals surface area contributed by atoms with Gasteiger partial charge in [0.05, 0.1) is 10.6 Å². The van der Waals surface area contributed by atoms with Crippen molar-refractivity contribution in [1.29, 1.82) is 5.26 Å². The fourth-order valence-corrected chi connectivity index (χ4v) is 2.29. The normalized spacial score (nSPS) is 10.2. The zero-order valence-corrected chi connectivity index (χ0v) is 12.7. The van der Waals surface area contributed by atoms with E-state index < -0.39 is 0 Å². The molecule has 1 N–H and O–H groups in total. The van der Waals surface area contributed by atoms with Gasteiger partial charge in [-0.25, -0.2) is 0 Å². The zero-order valence-electron chi connectivity index (χ0n) is 11.9. The second kappa shape index (κ2) is 5.98. The van der Waals surface area contributed by atoms with Gasteiger partial charge in [-0.1, -0.05) is 23.7 Å². The average Bonchev–Trinajstić information content (AvgIpc) is 2.43. The monoisotopic (exact) mass is 284 g/mol. The number of halogens is 1. The fraction of sp³-hybridized carbons (Fsp3) is 0.235. The van der Waals surface area contributed by atoms with Crippen LogP contribution in [0, 0.1) is 32.1 Å². The van der Waals surface area contributed by atoms with Crippen LogP contribution in [0.4, 0.5) is 5.69 Å². The second-order valence-corrected chi connectivity index (χ2v) is 5.43. The number of nitriles is 1. The number of aryl methyl sites for hydroxylation is 3. The van der Waals surface area contributed by atoms with Gasteiger partial charge in [0.15, 0.2) is 0 Å². The molecule has 0 aromatic heterocycles. The number of nitrogens with one attached hydrogen (secondary N) is 1. The van der Waals surface area contributed by atoms with Crippen molar-refractivity contribution in [3.8, 4) is 6.07 Å². The van der Waals surface area contributed by atoms with Crippen LogP contribution in [-0.2, 0) is 6.54 Å². The zero-order chi connectivity index (χ0) is 14.7. The Balaban J connectivity index is 2.17. The average molecular weight is 285 g/mol. The Morgan fingerprint density at radius 2 is 1.75 bits per heavy atom. The van der Waals surface area contributed by atoms with Gasteiger partial charge in [-0.05, 0) is 61.2 Å². The maximum Gasteiger partial charge on any atom is 0.101 e. The Hall–Kier alpha value is -1.98. The minimum absolute atomic E-state index is 0.486. The Labute approximate surface area is 125 Å². The van der Waals surface area contributed by atoms with Crippen molar-refractivity contribution in [3.05, 3.63) is 63.2 Å². The summed E-state index contributed by atoms with van der Waals surface area (Å²) in [7, 11) is 0. The number of nitrogens with zero attached hydrogens (tertiary/aromatic N) is 1. The number of rotatable bonds is 3. The summed E-state index contributed by atoms with van der Waals surface area (Å²) in [6, 6.07) is 11.9. The molecule has 0 aliphatic rings. The lowest BCUT2D eigenvalue weighted by Gasteiger charge is -2.12. The topological polar surface area (TPSA) is 35.8 Å². The minimum Gasteiger partial charge on any atom is -0.381 e. The quantitative estimate of drug-likeness (QED) is 0.883. The Bertz CT molecular complexity index is 684. The van der Waals surface area contributed by atoms with Crippen LogP contribution in [0.5, 0.6) is 0 Å². The van der Waals surface area contributed by atoms with Gasteiger partial charge in [-0.3, -0.25) is 0 Å². The predicted molar refractivity (Wildman–Crippen MR) is 84.1 cm³/mol. The molecule has 0 radical (unpaired) electrons. The van der Waals surface area contributed by atoms with Gasteiger partial charge in [0, 0.05) is 12.2 Å². The van der Waals surface area contributed by atoms with E-state index in [1.807, 2.05) is 6.07 Å². The van der Waals surface area contributed by atoms with E-state index in [9.17, 15) is 0 Å². The third-order valence-corrected chi connectivity index (χ3v) is 3.85. The van der Waals surface area contributed by atoms with Crippen molar-refractivity contribution in [2.75, 3.05) is 5.32 Å². The highest BCUT2D eigenvalue weighted by Crippen LogP contribution is 2.21. The second-order valence-electron chi connectivity index (χ2n) is 5.02. The molecule has 0 spiro atoms. The summed E-state index contributed by atoms with van der Waals surface area (Å²) in [6.45, 7) is 7.09. The van der Waals surface area contributed by atoms with Gasteiger partial charge in [-0.15, -0.1) is 0 Å². The molecule has 0 aliphatic heterocycles. The van der Waals surface area contributed by atoms with Crippen LogP contribution < -0.4 is 5.32 Å². The number of hydrogen-bond donors (Lipinski definition) is 1. The molecule has 2 nitrogen and oxygen atoms in total. The van der Waals surface area contributed by atoms with Gasteiger partial charge in [0.1, 0.15) is 6.07 Å². The molecule has 0 saturated heterocycles. The van der Waals surface area contributed by atoms with Crippen LogP contribution in [-0.4, -0.2) is 0 Å². The summed E-state index contributed by atoms with van der Waals surface area (Å²) in [4.78, 5) is 0. The van der Waals surface area contributed by atoms with Gasteiger partial charge in [0.25, 0.3) is 0 Å². The molecule has 0 amide bonds. The van der Waals surface area contributed by atoms with Gasteiger partial charge < -0.3 is 5.32 Å². The Morgan fingerprint density at radius 3 is 2.45 bits per heavy atom.